The number of nitrogens with zero attached hydrogens (tertiary/aromatic N) is 3. The van der Waals surface area contributed by atoms with Gasteiger partial charge in [-0.05, 0) is 0 Å². The van der Waals surface area contributed by atoms with E-state index in [1.54, 1.807) is 0 Å². The van der Waals surface area contributed by atoms with E-state index in [9.17, 15) is 4.79 Å². The van der Waals surface area contributed by atoms with Gasteiger partial charge in [-0.2, -0.15) is 0 Å². The third-order valence-corrected chi connectivity index (χ3v) is 2.73. The van der Waals surface area contributed by atoms with Crippen LogP contribution in [0.1, 0.15) is 17.4 Å². The molecule has 17 heavy (non-hydrogen) atoms. The van der Waals surface area contributed by atoms with Crippen LogP contribution in [0.4, 0.5) is 0 Å². The highest BCUT2D eigenvalue weighted by atomic mass is 16.5. The summed E-state index contributed by atoms with van der Waals surface area (Å²) in [6, 6.07) is 0. The zero-order valence-corrected chi connectivity index (χ0v) is 9.72. The second-order valence-electron chi connectivity index (χ2n) is 4.65. The summed E-state index contributed by atoms with van der Waals surface area (Å²) < 4.78 is 6.67. The molecule has 0 aromatic carbocycles. The molecule has 0 radical (unpaired) electrons. The molecule has 7 heteroatoms. The minimum Gasteiger partial charge on any atom is -0.476 e. The van der Waals surface area contributed by atoms with Crippen molar-refractivity contribution in [2.75, 3.05) is 26.3 Å². The molecule has 1 aliphatic heterocycles. The molecule has 2 rings (SSSR count). The van der Waals surface area contributed by atoms with Crippen LogP contribution in [-0.4, -0.2) is 52.4 Å². The Morgan fingerprint density at radius 2 is 2.47 bits per heavy atom. The Balaban J connectivity index is 1.69. The summed E-state index contributed by atoms with van der Waals surface area (Å²) in [6.07, 6.45) is 1.43. The topological polar surface area (TPSA) is 89.3 Å². The molecule has 0 bridgehead atoms. The Morgan fingerprint density at radius 1 is 1.71 bits per heavy atom. The van der Waals surface area contributed by atoms with Gasteiger partial charge in [0.25, 0.3) is 0 Å². The zero-order chi connectivity index (χ0) is 12.3. The Hall–Kier alpha value is -1.47. The van der Waals surface area contributed by atoms with Gasteiger partial charge >= 0.3 is 5.97 Å². The van der Waals surface area contributed by atoms with Crippen LogP contribution < -0.4 is 5.32 Å². The summed E-state index contributed by atoms with van der Waals surface area (Å²) in [6.45, 7) is 6.00. The molecule has 0 unspecified atom stereocenters. The number of hydrogen-bond donors (Lipinski definition) is 2. The summed E-state index contributed by atoms with van der Waals surface area (Å²) >= 11 is 0. The van der Waals surface area contributed by atoms with Gasteiger partial charge in [-0.1, -0.05) is 12.1 Å². The van der Waals surface area contributed by atoms with E-state index in [0.717, 1.165) is 26.3 Å². The van der Waals surface area contributed by atoms with E-state index < -0.39 is 5.97 Å². The number of ether oxygens (including phenoxy) is 1. The van der Waals surface area contributed by atoms with Crippen LogP contribution in [0.3, 0.4) is 0 Å². The first-order valence-corrected chi connectivity index (χ1v) is 5.51. The number of hydrogen-bond acceptors (Lipinski definition) is 5. The maximum atomic E-state index is 10.6. The molecule has 0 aliphatic carbocycles. The van der Waals surface area contributed by atoms with Gasteiger partial charge in [-0.25, -0.2) is 4.79 Å². The van der Waals surface area contributed by atoms with E-state index in [-0.39, 0.29) is 11.1 Å². The fourth-order valence-corrected chi connectivity index (χ4v) is 1.64. The van der Waals surface area contributed by atoms with Gasteiger partial charge in [0.1, 0.15) is 0 Å². The summed E-state index contributed by atoms with van der Waals surface area (Å²) in [5.41, 5.74) is 0.221. The molecule has 0 atom stereocenters. The Kier molecular flexibility index (Phi) is 3.39. The van der Waals surface area contributed by atoms with Crippen LogP contribution in [-0.2, 0) is 11.3 Å². The summed E-state index contributed by atoms with van der Waals surface area (Å²) in [5.74, 6) is -1.05. The standard InChI is InChI=1S/C10H16N4O3/c1-10(6-17-7-10)5-11-2-3-14-4-8(9(15)16)12-13-14/h4,11H,2-3,5-7H2,1H3,(H,15,16). The quantitative estimate of drug-likeness (QED) is 0.658. The number of rotatable bonds is 6. The monoisotopic (exact) mass is 240 g/mol. The summed E-state index contributed by atoms with van der Waals surface area (Å²) in [7, 11) is 0. The third kappa shape index (κ3) is 3.01. The Bertz CT molecular complexity index is 400. The van der Waals surface area contributed by atoms with E-state index in [1.165, 1.54) is 10.9 Å². The number of aromatic carboxylic acids is 1. The summed E-state index contributed by atoms with van der Waals surface area (Å²) in [5, 5.41) is 19.2. The van der Waals surface area contributed by atoms with Gasteiger partial charge in [0.15, 0.2) is 5.69 Å². The molecule has 0 saturated carbocycles. The zero-order valence-electron chi connectivity index (χ0n) is 9.72. The second kappa shape index (κ2) is 4.80. The first kappa shape index (κ1) is 12.0. The molecule has 1 fully saturated rings. The van der Waals surface area contributed by atoms with Crippen molar-refractivity contribution in [1.82, 2.24) is 20.3 Å². The van der Waals surface area contributed by atoms with Crippen LogP contribution in [0.5, 0.6) is 0 Å². The van der Waals surface area contributed by atoms with E-state index in [4.69, 9.17) is 9.84 Å². The van der Waals surface area contributed by atoms with Crippen LogP contribution >= 0.6 is 0 Å². The van der Waals surface area contributed by atoms with Crippen molar-refractivity contribution < 1.29 is 14.6 Å². The lowest BCUT2D eigenvalue weighted by Crippen LogP contribution is -2.47. The fourth-order valence-electron chi connectivity index (χ4n) is 1.64. The maximum absolute atomic E-state index is 10.6. The Labute approximate surface area is 98.8 Å². The molecule has 0 amide bonds. The fraction of sp³-hybridized carbons (Fsp3) is 0.700. The van der Waals surface area contributed by atoms with Gasteiger partial charge in [0, 0.05) is 18.5 Å². The van der Waals surface area contributed by atoms with Crippen LogP contribution in [0.25, 0.3) is 0 Å². The van der Waals surface area contributed by atoms with Crippen molar-refractivity contribution >= 4 is 5.97 Å². The molecule has 1 aromatic rings. The first-order chi connectivity index (χ1) is 8.09. The van der Waals surface area contributed by atoms with Crippen LogP contribution in [0.2, 0.25) is 0 Å². The third-order valence-electron chi connectivity index (χ3n) is 2.73. The lowest BCUT2D eigenvalue weighted by molar-refractivity contribution is -0.0989. The average molecular weight is 240 g/mol. The van der Waals surface area contributed by atoms with Crippen molar-refractivity contribution in [3.05, 3.63) is 11.9 Å². The molecule has 1 saturated heterocycles. The molecule has 94 valence electrons. The predicted molar refractivity (Wildman–Crippen MR) is 58.8 cm³/mol. The average Bonchev–Trinajstić information content (AvgIpc) is 2.70. The molecule has 2 heterocycles. The van der Waals surface area contributed by atoms with Crippen molar-refractivity contribution in [3.8, 4) is 0 Å². The highest BCUT2D eigenvalue weighted by molar-refractivity contribution is 5.84. The first-order valence-electron chi connectivity index (χ1n) is 5.51. The molecule has 2 N–H and O–H groups in total. The largest absolute Gasteiger partial charge is 0.476 e. The highest BCUT2D eigenvalue weighted by Gasteiger charge is 2.32. The minimum atomic E-state index is -1.05. The highest BCUT2D eigenvalue weighted by Crippen LogP contribution is 2.24. The van der Waals surface area contributed by atoms with Gasteiger partial charge in [-0.15, -0.1) is 5.10 Å². The normalized spacial score (nSPS) is 17.7. The van der Waals surface area contributed by atoms with E-state index in [2.05, 4.69) is 22.6 Å². The van der Waals surface area contributed by atoms with E-state index in [0.29, 0.717) is 6.54 Å². The van der Waals surface area contributed by atoms with E-state index in [1.807, 2.05) is 0 Å². The number of nitrogens with one attached hydrogen (secondary N) is 1. The van der Waals surface area contributed by atoms with Crippen LogP contribution in [0.15, 0.2) is 6.20 Å². The van der Waals surface area contributed by atoms with Crippen molar-refractivity contribution in [2.45, 2.75) is 13.5 Å². The number of carboxylic acid groups (broad SMARTS) is 1. The summed E-state index contributed by atoms with van der Waals surface area (Å²) in [4.78, 5) is 10.6. The van der Waals surface area contributed by atoms with Crippen molar-refractivity contribution in [1.29, 1.82) is 0 Å². The van der Waals surface area contributed by atoms with Crippen LogP contribution in [0, 0.1) is 5.41 Å². The molecule has 1 aromatic heterocycles. The molecule has 1 aliphatic rings. The molecular formula is C10H16N4O3. The molecule has 0 spiro atoms. The van der Waals surface area contributed by atoms with Gasteiger partial charge < -0.3 is 15.2 Å². The van der Waals surface area contributed by atoms with Gasteiger partial charge in [0.2, 0.25) is 0 Å². The molecular weight excluding hydrogens is 224 g/mol. The predicted octanol–water partition coefficient (Wildman–Crippen LogP) is -0.398. The lowest BCUT2D eigenvalue weighted by Gasteiger charge is -2.38. The van der Waals surface area contributed by atoms with Crippen molar-refractivity contribution in [3.63, 3.8) is 0 Å². The van der Waals surface area contributed by atoms with Crippen molar-refractivity contribution in [2.24, 2.45) is 5.41 Å². The SMILES string of the molecule is CC1(CNCCn2cc(C(=O)O)nn2)COC1. The van der Waals surface area contributed by atoms with Gasteiger partial charge in [-0.3, -0.25) is 4.68 Å². The maximum Gasteiger partial charge on any atom is 0.358 e. The Morgan fingerprint density at radius 3 is 3.00 bits per heavy atom. The number of carbonyl (C=O) groups is 1. The van der Waals surface area contributed by atoms with Gasteiger partial charge in [0.05, 0.1) is 26.0 Å². The lowest BCUT2D eigenvalue weighted by atomic mass is 9.89. The van der Waals surface area contributed by atoms with E-state index >= 15 is 0 Å². The smallest absolute Gasteiger partial charge is 0.358 e. The minimum absolute atomic E-state index is 0.0237. The molecule has 7 nitrogen and oxygen atoms in total. The second-order valence-corrected chi connectivity index (χ2v) is 4.65. The number of aromatic nitrogens is 3. The number of carboxylic acids is 1.